The van der Waals surface area contributed by atoms with Crippen molar-refractivity contribution < 1.29 is 4.74 Å². The van der Waals surface area contributed by atoms with Crippen molar-refractivity contribution in [2.75, 3.05) is 37.5 Å². The maximum Gasteiger partial charge on any atom is 0.136 e. The van der Waals surface area contributed by atoms with E-state index < -0.39 is 0 Å². The van der Waals surface area contributed by atoms with Crippen LogP contribution in [0.15, 0.2) is 6.33 Å². The number of aromatic nitrogens is 2. The van der Waals surface area contributed by atoms with Crippen LogP contribution in [0.5, 0.6) is 0 Å². The molecule has 0 aromatic carbocycles. The summed E-state index contributed by atoms with van der Waals surface area (Å²) < 4.78 is 5.53. The normalized spacial score (nSPS) is 10.7. The monoisotopic (exact) mass is 238 g/mol. The summed E-state index contributed by atoms with van der Waals surface area (Å²) in [5.41, 5.74) is 1.06. The van der Waals surface area contributed by atoms with E-state index in [0.29, 0.717) is 6.61 Å². The Hall–Kier alpha value is -1.36. The molecule has 0 fully saturated rings. The van der Waals surface area contributed by atoms with Crippen molar-refractivity contribution in [2.45, 2.75) is 26.9 Å². The minimum atomic E-state index is 0.266. The van der Waals surface area contributed by atoms with Crippen LogP contribution in [0.4, 0.5) is 11.6 Å². The number of ether oxygens (including phenoxy) is 1. The van der Waals surface area contributed by atoms with Crippen LogP contribution < -0.4 is 10.2 Å². The lowest BCUT2D eigenvalue weighted by Crippen LogP contribution is -2.25. The molecule has 1 aromatic rings. The number of rotatable bonds is 6. The van der Waals surface area contributed by atoms with Crippen molar-refractivity contribution in [3.05, 3.63) is 11.9 Å². The maximum absolute atomic E-state index is 5.53. The average Bonchev–Trinajstić information content (AvgIpc) is 2.28. The smallest absolute Gasteiger partial charge is 0.136 e. The van der Waals surface area contributed by atoms with Gasteiger partial charge in [-0.1, -0.05) is 0 Å². The molecule has 0 radical (unpaired) electrons. The van der Waals surface area contributed by atoms with E-state index in [-0.39, 0.29) is 6.10 Å². The molecule has 0 saturated carbocycles. The highest BCUT2D eigenvalue weighted by Gasteiger charge is 2.10. The summed E-state index contributed by atoms with van der Waals surface area (Å²) in [7, 11) is 3.87. The zero-order valence-electron chi connectivity index (χ0n) is 11.3. The van der Waals surface area contributed by atoms with Crippen LogP contribution >= 0.6 is 0 Å². The topological polar surface area (TPSA) is 50.3 Å². The molecule has 1 rings (SSSR count). The first-order valence-electron chi connectivity index (χ1n) is 5.88. The Morgan fingerprint density at radius 3 is 2.71 bits per heavy atom. The molecule has 0 unspecified atom stereocenters. The maximum atomic E-state index is 5.53. The van der Waals surface area contributed by atoms with Crippen LogP contribution in [0.2, 0.25) is 0 Å². The SMILES string of the molecule is CNc1ncnc(N(C)CCOC(C)C)c1C. The van der Waals surface area contributed by atoms with Gasteiger partial charge in [-0.15, -0.1) is 0 Å². The van der Waals surface area contributed by atoms with Crippen LogP contribution in [0.3, 0.4) is 0 Å². The second-order valence-electron chi connectivity index (χ2n) is 4.26. The van der Waals surface area contributed by atoms with Crippen molar-refractivity contribution in [2.24, 2.45) is 0 Å². The summed E-state index contributed by atoms with van der Waals surface area (Å²) in [6.45, 7) is 7.61. The van der Waals surface area contributed by atoms with Gasteiger partial charge in [0.15, 0.2) is 0 Å². The van der Waals surface area contributed by atoms with E-state index in [4.69, 9.17) is 4.74 Å². The van der Waals surface area contributed by atoms with E-state index >= 15 is 0 Å². The predicted octanol–water partition coefficient (Wildman–Crippen LogP) is 1.69. The number of likely N-dealkylation sites (N-methyl/N-ethyl adjacent to an activating group) is 1. The quantitative estimate of drug-likeness (QED) is 0.817. The summed E-state index contributed by atoms with van der Waals surface area (Å²) in [5.74, 6) is 1.81. The van der Waals surface area contributed by atoms with Gasteiger partial charge in [-0.2, -0.15) is 0 Å². The molecule has 0 aliphatic carbocycles. The van der Waals surface area contributed by atoms with Gasteiger partial charge >= 0.3 is 0 Å². The Morgan fingerprint density at radius 1 is 1.41 bits per heavy atom. The second kappa shape index (κ2) is 6.39. The number of hydrogen-bond donors (Lipinski definition) is 1. The fourth-order valence-electron chi connectivity index (χ4n) is 1.61. The van der Waals surface area contributed by atoms with Crippen LogP contribution in [0.25, 0.3) is 0 Å². The number of hydrogen-bond acceptors (Lipinski definition) is 5. The lowest BCUT2D eigenvalue weighted by Gasteiger charge is -2.21. The van der Waals surface area contributed by atoms with Crippen molar-refractivity contribution in [1.82, 2.24) is 9.97 Å². The highest BCUT2D eigenvalue weighted by molar-refractivity contribution is 5.57. The first-order chi connectivity index (χ1) is 8.06. The molecule has 96 valence electrons. The zero-order chi connectivity index (χ0) is 12.8. The summed E-state index contributed by atoms with van der Waals surface area (Å²) >= 11 is 0. The van der Waals surface area contributed by atoms with Gasteiger partial charge in [-0.05, 0) is 20.8 Å². The minimum Gasteiger partial charge on any atom is -0.377 e. The predicted molar refractivity (Wildman–Crippen MR) is 70.7 cm³/mol. The molecule has 0 atom stereocenters. The van der Waals surface area contributed by atoms with Gasteiger partial charge in [-0.25, -0.2) is 9.97 Å². The van der Waals surface area contributed by atoms with Gasteiger partial charge < -0.3 is 15.0 Å². The molecule has 0 aliphatic heterocycles. The lowest BCUT2D eigenvalue weighted by atomic mass is 10.3. The third-order valence-electron chi connectivity index (χ3n) is 2.53. The van der Waals surface area contributed by atoms with Crippen LogP contribution in [0, 0.1) is 6.92 Å². The van der Waals surface area contributed by atoms with Crippen LogP contribution in [-0.4, -0.2) is 43.3 Å². The Morgan fingerprint density at radius 2 is 2.12 bits per heavy atom. The molecule has 17 heavy (non-hydrogen) atoms. The molecular weight excluding hydrogens is 216 g/mol. The van der Waals surface area contributed by atoms with Gasteiger partial charge in [0.1, 0.15) is 18.0 Å². The van der Waals surface area contributed by atoms with Crippen molar-refractivity contribution in [3.8, 4) is 0 Å². The molecule has 5 nitrogen and oxygen atoms in total. The lowest BCUT2D eigenvalue weighted by molar-refractivity contribution is 0.0845. The van der Waals surface area contributed by atoms with Crippen molar-refractivity contribution in [1.29, 1.82) is 0 Å². The molecule has 5 heteroatoms. The van der Waals surface area contributed by atoms with Gasteiger partial charge in [0.2, 0.25) is 0 Å². The van der Waals surface area contributed by atoms with Gasteiger partial charge in [-0.3, -0.25) is 0 Å². The van der Waals surface area contributed by atoms with Gasteiger partial charge in [0, 0.05) is 26.2 Å². The standard InChI is InChI=1S/C12H22N4O/c1-9(2)17-7-6-16(5)12-10(3)11(13-4)14-8-15-12/h8-9H,6-7H2,1-5H3,(H,13,14,15). The van der Waals surface area contributed by atoms with Crippen LogP contribution in [0.1, 0.15) is 19.4 Å². The largest absolute Gasteiger partial charge is 0.377 e. The summed E-state index contributed by atoms with van der Waals surface area (Å²) in [6.07, 6.45) is 1.84. The second-order valence-corrected chi connectivity index (χ2v) is 4.26. The number of nitrogens with zero attached hydrogens (tertiary/aromatic N) is 3. The van der Waals surface area contributed by atoms with E-state index in [1.807, 2.05) is 34.9 Å². The van der Waals surface area contributed by atoms with Crippen LogP contribution in [-0.2, 0) is 4.74 Å². The van der Waals surface area contributed by atoms with E-state index in [0.717, 1.165) is 23.7 Å². The molecule has 0 aliphatic rings. The Kier molecular flexibility index (Phi) is 5.15. The molecule has 1 N–H and O–H groups in total. The molecule has 1 aromatic heterocycles. The highest BCUT2D eigenvalue weighted by atomic mass is 16.5. The van der Waals surface area contributed by atoms with Gasteiger partial charge in [0.25, 0.3) is 0 Å². The van der Waals surface area contributed by atoms with E-state index in [9.17, 15) is 0 Å². The first kappa shape index (κ1) is 13.7. The third kappa shape index (κ3) is 3.85. The summed E-state index contributed by atoms with van der Waals surface area (Å²) in [4.78, 5) is 10.6. The zero-order valence-corrected chi connectivity index (χ0v) is 11.3. The molecule has 1 heterocycles. The molecule has 0 bridgehead atoms. The minimum absolute atomic E-state index is 0.266. The fraction of sp³-hybridized carbons (Fsp3) is 0.667. The Labute approximate surface area is 103 Å². The summed E-state index contributed by atoms with van der Waals surface area (Å²) in [6, 6.07) is 0. The number of anilines is 2. The van der Waals surface area contributed by atoms with E-state index in [2.05, 4.69) is 20.2 Å². The average molecular weight is 238 g/mol. The first-order valence-corrected chi connectivity index (χ1v) is 5.88. The van der Waals surface area contributed by atoms with Gasteiger partial charge in [0.05, 0.1) is 12.7 Å². The van der Waals surface area contributed by atoms with E-state index in [1.54, 1.807) is 6.33 Å². The molecular formula is C12H22N4O. The molecule has 0 amide bonds. The van der Waals surface area contributed by atoms with E-state index in [1.165, 1.54) is 0 Å². The van der Waals surface area contributed by atoms with Crippen molar-refractivity contribution in [3.63, 3.8) is 0 Å². The molecule has 0 spiro atoms. The Balaban J connectivity index is 2.65. The Bertz CT molecular complexity index is 354. The van der Waals surface area contributed by atoms with Crippen molar-refractivity contribution >= 4 is 11.6 Å². The number of nitrogens with one attached hydrogen (secondary N) is 1. The highest BCUT2D eigenvalue weighted by Crippen LogP contribution is 2.20. The fourth-order valence-corrected chi connectivity index (χ4v) is 1.61. The third-order valence-corrected chi connectivity index (χ3v) is 2.53. The summed E-state index contributed by atoms with van der Waals surface area (Å²) in [5, 5.41) is 3.06. The molecule has 0 saturated heterocycles.